The summed E-state index contributed by atoms with van der Waals surface area (Å²) in [7, 11) is 0. The largest absolute Gasteiger partial charge is 0.475 e. The first kappa shape index (κ1) is 15.8. The molecule has 110 valence electrons. The van der Waals surface area contributed by atoms with Crippen molar-refractivity contribution in [3.63, 3.8) is 0 Å². The molecule has 0 atom stereocenters. The maximum absolute atomic E-state index is 11.4. The van der Waals surface area contributed by atoms with Crippen molar-refractivity contribution in [2.75, 3.05) is 19.8 Å². The van der Waals surface area contributed by atoms with Gasteiger partial charge in [0.2, 0.25) is 5.76 Å². The monoisotopic (exact) mass is 282 g/mol. The van der Waals surface area contributed by atoms with E-state index >= 15 is 0 Å². The molecule has 0 aliphatic heterocycles. The van der Waals surface area contributed by atoms with Gasteiger partial charge >= 0.3 is 12.0 Å². The molecule has 2 amide bonds. The second-order valence-electron chi connectivity index (χ2n) is 3.87. The topological polar surface area (TPSA) is 101 Å². The van der Waals surface area contributed by atoms with Gasteiger partial charge in [0.1, 0.15) is 5.76 Å². The number of hydrogen-bond acceptors (Lipinski definition) is 4. The Labute approximate surface area is 116 Å². The lowest BCUT2D eigenvalue weighted by atomic mass is 10.4. The standard InChI is InChI=1S/C13H18N2O5/c1-2-3-7-19-8-6-14-13(18)15-9-10-4-5-11(20-10)12(16)17/h2,4-5H,1,3,6-9H2,(H,16,17)(H2,14,15,18). The Morgan fingerprint density at radius 2 is 2.15 bits per heavy atom. The molecule has 0 unspecified atom stereocenters. The van der Waals surface area contributed by atoms with Crippen molar-refractivity contribution in [1.82, 2.24) is 10.6 Å². The molecule has 20 heavy (non-hydrogen) atoms. The number of amides is 2. The van der Waals surface area contributed by atoms with E-state index in [1.165, 1.54) is 12.1 Å². The van der Waals surface area contributed by atoms with Crippen LogP contribution in [0.5, 0.6) is 0 Å². The number of carboxylic acid groups (broad SMARTS) is 1. The number of hydrogen-bond donors (Lipinski definition) is 3. The molecule has 0 fully saturated rings. The van der Waals surface area contributed by atoms with Gasteiger partial charge in [0.05, 0.1) is 19.8 Å². The first-order valence-electron chi connectivity index (χ1n) is 6.16. The zero-order chi connectivity index (χ0) is 14.8. The summed E-state index contributed by atoms with van der Waals surface area (Å²) in [5.74, 6) is -0.921. The van der Waals surface area contributed by atoms with Crippen molar-refractivity contribution in [3.8, 4) is 0 Å². The third-order valence-electron chi connectivity index (χ3n) is 2.29. The molecular formula is C13H18N2O5. The minimum atomic E-state index is -1.14. The lowest BCUT2D eigenvalue weighted by Crippen LogP contribution is -2.36. The van der Waals surface area contributed by atoms with Crippen molar-refractivity contribution in [2.24, 2.45) is 0 Å². The maximum atomic E-state index is 11.4. The van der Waals surface area contributed by atoms with Crippen LogP contribution in [0.15, 0.2) is 29.2 Å². The average Bonchev–Trinajstić information content (AvgIpc) is 2.89. The molecule has 0 aliphatic carbocycles. The number of carboxylic acids is 1. The lowest BCUT2D eigenvalue weighted by Gasteiger charge is -2.06. The van der Waals surface area contributed by atoms with E-state index < -0.39 is 5.97 Å². The smallest absolute Gasteiger partial charge is 0.371 e. The summed E-state index contributed by atoms with van der Waals surface area (Å²) in [4.78, 5) is 22.0. The minimum Gasteiger partial charge on any atom is -0.475 e. The highest BCUT2D eigenvalue weighted by atomic mass is 16.5. The summed E-state index contributed by atoms with van der Waals surface area (Å²) in [6.45, 7) is 5.08. The first-order chi connectivity index (χ1) is 9.63. The van der Waals surface area contributed by atoms with Gasteiger partial charge in [0.25, 0.3) is 0 Å². The molecule has 0 saturated heterocycles. The molecule has 0 aliphatic rings. The highest BCUT2D eigenvalue weighted by Gasteiger charge is 2.09. The number of furan rings is 1. The minimum absolute atomic E-state index is 0.121. The molecule has 7 nitrogen and oxygen atoms in total. The van der Waals surface area contributed by atoms with Crippen LogP contribution in [-0.4, -0.2) is 36.9 Å². The van der Waals surface area contributed by atoms with Crippen molar-refractivity contribution < 1.29 is 23.8 Å². The van der Waals surface area contributed by atoms with Gasteiger partial charge in [0, 0.05) is 6.54 Å². The third-order valence-corrected chi connectivity index (χ3v) is 2.29. The molecule has 1 aromatic rings. The fraction of sp³-hybridized carbons (Fsp3) is 0.385. The molecule has 1 rings (SSSR count). The van der Waals surface area contributed by atoms with E-state index in [0.29, 0.717) is 25.5 Å². The van der Waals surface area contributed by atoms with Crippen LogP contribution in [0.3, 0.4) is 0 Å². The summed E-state index contributed by atoms with van der Waals surface area (Å²) >= 11 is 0. The number of carbonyl (C=O) groups is 2. The summed E-state index contributed by atoms with van der Waals surface area (Å²) in [6.07, 6.45) is 2.53. The van der Waals surface area contributed by atoms with Gasteiger partial charge in [-0.05, 0) is 18.6 Å². The number of ether oxygens (including phenoxy) is 1. The highest BCUT2D eigenvalue weighted by Crippen LogP contribution is 2.07. The molecule has 0 radical (unpaired) electrons. The van der Waals surface area contributed by atoms with Crippen molar-refractivity contribution in [3.05, 3.63) is 36.3 Å². The van der Waals surface area contributed by atoms with Crippen LogP contribution in [0.2, 0.25) is 0 Å². The Morgan fingerprint density at radius 3 is 2.80 bits per heavy atom. The molecule has 3 N–H and O–H groups in total. The van der Waals surface area contributed by atoms with Gasteiger partial charge < -0.3 is 24.9 Å². The van der Waals surface area contributed by atoms with Crippen molar-refractivity contribution in [2.45, 2.75) is 13.0 Å². The van der Waals surface area contributed by atoms with E-state index in [2.05, 4.69) is 17.2 Å². The lowest BCUT2D eigenvalue weighted by molar-refractivity contribution is 0.0660. The normalized spacial score (nSPS) is 10.0. The van der Waals surface area contributed by atoms with Crippen LogP contribution >= 0.6 is 0 Å². The van der Waals surface area contributed by atoms with Gasteiger partial charge in [-0.15, -0.1) is 6.58 Å². The van der Waals surface area contributed by atoms with Gasteiger partial charge in [0.15, 0.2) is 0 Å². The Kier molecular flexibility index (Phi) is 6.91. The predicted octanol–water partition coefficient (Wildman–Crippen LogP) is 1.37. The number of carbonyl (C=O) groups excluding carboxylic acids is 1. The molecule has 1 aromatic heterocycles. The molecule has 0 bridgehead atoms. The van der Waals surface area contributed by atoms with Gasteiger partial charge in [-0.3, -0.25) is 0 Å². The van der Waals surface area contributed by atoms with E-state index in [1.807, 2.05) is 0 Å². The van der Waals surface area contributed by atoms with Crippen LogP contribution < -0.4 is 10.6 Å². The highest BCUT2D eigenvalue weighted by molar-refractivity contribution is 5.84. The zero-order valence-corrected chi connectivity index (χ0v) is 11.1. The maximum Gasteiger partial charge on any atom is 0.371 e. The van der Waals surface area contributed by atoms with Crippen molar-refractivity contribution in [1.29, 1.82) is 0 Å². The van der Waals surface area contributed by atoms with Crippen LogP contribution in [0.4, 0.5) is 4.79 Å². The Balaban J connectivity index is 2.13. The van der Waals surface area contributed by atoms with Crippen molar-refractivity contribution >= 4 is 12.0 Å². The predicted molar refractivity (Wildman–Crippen MR) is 71.5 cm³/mol. The Bertz CT molecular complexity index is 455. The molecular weight excluding hydrogens is 264 g/mol. The molecule has 0 spiro atoms. The van der Waals surface area contributed by atoms with Crippen LogP contribution in [0.1, 0.15) is 22.7 Å². The quantitative estimate of drug-likeness (QED) is 0.469. The molecule has 0 aromatic carbocycles. The second-order valence-corrected chi connectivity index (χ2v) is 3.87. The van der Waals surface area contributed by atoms with Crippen LogP contribution in [0.25, 0.3) is 0 Å². The van der Waals surface area contributed by atoms with E-state index in [4.69, 9.17) is 14.3 Å². The number of rotatable bonds is 9. The number of aromatic carboxylic acids is 1. The molecule has 1 heterocycles. The van der Waals surface area contributed by atoms with Crippen LogP contribution in [0, 0.1) is 0 Å². The number of urea groups is 1. The average molecular weight is 282 g/mol. The Morgan fingerprint density at radius 1 is 1.35 bits per heavy atom. The van der Waals surface area contributed by atoms with Crippen LogP contribution in [-0.2, 0) is 11.3 Å². The fourth-order valence-electron chi connectivity index (χ4n) is 1.32. The van der Waals surface area contributed by atoms with E-state index in [-0.39, 0.29) is 18.3 Å². The van der Waals surface area contributed by atoms with Gasteiger partial charge in [-0.2, -0.15) is 0 Å². The second kappa shape index (κ2) is 8.76. The molecule has 0 saturated carbocycles. The van der Waals surface area contributed by atoms with E-state index in [1.54, 1.807) is 6.08 Å². The van der Waals surface area contributed by atoms with Gasteiger partial charge in [-0.1, -0.05) is 6.08 Å². The summed E-state index contributed by atoms with van der Waals surface area (Å²) in [5, 5.41) is 13.8. The Hall–Kier alpha value is -2.28. The van der Waals surface area contributed by atoms with E-state index in [9.17, 15) is 9.59 Å². The van der Waals surface area contributed by atoms with E-state index in [0.717, 1.165) is 6.42 Å². The van der Waals surface area contributed by atoms with Gasteiger partial charge in [-0.25, -0.2) is 9.59 Å². The fourth-order valence-corrected chi connectivity index (χ4v) is 1.32. The third kappa shape index (κ3) is 6.05. The number of nitrogens with one attached hydrogen (secondary N) is 2. The SMILES string of the molecule is C=CCCOCCNC(=O)NCc1ccc(C(=O)O)o1. The first-order valence-corrected chi connectivity index (χ1v) is 6.16. The molecule has 7 heteroatoms. The summed E-state index contributed by atoms with van der Waals surface area (Å²) in [6, 6.07) is 2.47. The zero-order valence-electron chi connectivity index (χ0n) is 11.1. The summed E-state index contributed by atoms with van der Waals surface area (Å²) < 4.78 is 10.2. The summed E-state index contributed by atoms with van der Waals surface area (Å²) in [5.41, 5.74) is 0.